The van der Waals surface area contributed by atoms with Crippen LogP contribution in [-0.4, -0.2) is 11.0 Å². The van der Waals surface area contributed by atoms with Crippen LogP contribution in [0.15, 0.2) is 54.7 Å². The highest BCUT2D eigenvalue weighted by atomic mass is 35.5. The minimum atomic E-state index is -0.610. The Morgan fingerprint density at radius 3 is 2.59 bits per heavy atom. The second-order valence-corrected chi connectivity index (χ2v) is 4.67. The maximum atomic E-state index is 11.7. The van der Waals surface area contributed by atoms with E-state index in [9.17, 15) is 14.9 Å². The van der Waals surface area contributed by atoms with Gasteiger partial charge < -0.3 is 10.6 Å². The van der Waals surface area contributed by atoms with Crippen LogP contribution in [0.2, 0.25) is 5.02 Å². The van der Waals surface area contributed by atoms with Crippen molar-refractivity contribution < 1.29 is 9.72 Å². The minimum Gasteiger partial charge on any atom is -0.314 e. The molecule has 0 unspecified atom stereocenters. The van der Waals surface area contributed by atoms with Crippen LogP contribution >= 0.6 is 11.6 Å². The largest absolute Gasteiger partial charge is 0.323 e. The first-order chi connectivity index (χ1) is 10.6. The molecule has 0 heterocycles. The van der Waals surface area contributed by atoms with Crippen LogP contribution in [-0.2, 0) is 0 Å². The van der Waals surface area contributed by atoms with E-state index < -0.39 is 11.0 Å². The van der Waals surface area contributed by atoms with E-state index in [0.29, 0.717) is 0 Å². The lowest BCUT2D eigenvalue weighted by molar-refractivity contribution is -0.384. The molecule has 2 amide bonds. The van der Waals surface area contributed by atoms with Gasteiger partial charge in [0.15, 0.2) is 0 Å². The van der Waals surface area contributed by atoms with E-state index in [1.165, 1.54) is 24.4 Å². The molecular formula is C15H12ClN3O3. The number of nitrogens with one attached hydrogen (secondary N) is 2. The summed E-state index contributed by atoms with van der Waals surface area (Å²) >= 11 is 5.70. The topological polar surface area (TPSA) is 84.3 Å². The van der Waals surface area contributed by atoms with Gasteiger partial charge in [-0.1, -0.05) is 41.9 Å². The van der Waals surface area contributed by atoms with E-state index in [1.54, 1.807) is 6.08 Å². The Bertz CT molecular complexity index is 717. The summed E-state index contributed by atoms with van der Waals surface area (Å²) in [5, 5.41) is 15.8. The zero-order valence-corrected chi connectivity index (χ0v) is 12.1. The molecule has 0 saturated carbocycles. The standard InChI is InChI=1S/C15H12ClN3O3/c16-13-7-6-12(10-14(13)19(21)22)18-15(20)17-9-8-11-4-2-1-3-5-11/h1-10H,(H2,17,18,20)/b9-8+. The van der Waals surface area contributed by atoms with Crippen LogP contribution in [0.1, 0.15) is 5.56 Å². The first-order valence-corrected chi connectivity index (χ1v) is 6.67. The fourth-order valence-corrected chi connectivity index (χ4v) is 1.86. The Morgan fingerprint density at radius 2 is 1.91 bits per heavy atom. The van der Waals surface area contributed by atoms with E-state index in [2.05, 4.69) is 10.6 Å². The van der Waals surface area contributed by atoms with Crippen molar-refractivity contribution in [1.82, 2.24) is 5.32 Å². The smallest absolute Gasteiger partial charge is 0.314 e. The number of nitrogens with zero attached hydrogens (tertiary/aromatic N) is 1. The van der Waals surface area contributed by atoms with Crippen molar-refractivity contribution in [3.63, 3.8) is 0 Å². The number of rotatable bonds is 4. The molecule has 7 heteroatoms. The molecule has 0 spiro atoms. The van der Waals surface area contributed by atoms with Crippen LogP contribution in [0.5, 0.6) is 0 Å². The minimum absolute atomic E-state index is 0.0138. The number of hydrogen-bond donors (Lipinski definition) is 2. The van der Waals surface area contributed by atoms with Crippen LogP contribution in [0, 0.1) is 10.1 Å². The summed E-state index contributed by atoms with van der Waals surface area (Å²) in [6, 6.07) is 13.0. The lowest BCUT2D eigenvalue weighted by Gasteiger charge is -2.05. The third-order valence-electron chi connectivity index (χ3n) is 2.69. The summed E-state index contributed by atoms with van der Waals surface area (Å²) in [5.41, 5.74) is 0.950. The lowest BCUT2D eigenvalue weighted by atomic mass is 10.2. The molecule has 0 aliphatic rings. The summed E-state index contributed by atoms with van der Waals surface area (Å²) in [4.78, 5) is 21.9. The number of anilines is 1. The van der Waals surface area contributed by atoms with Crippen LogP contribution in [0.25, 0.3) is 6.08 Å². The Morgan fingerprint density at radius 1 is 1.18 bits per heavy atom. The number of halogens is 1. The molecular weight excluding hydrogens is 306 g/mol. The highest BCUT2D eigenvalue weighted by Gasteiger charge is 2.13. The summed E-state index contributed by atoms with van der Waals surface area (Å²) in [6.07, 6.45) is 3.21. The van der Waals surface area contributed by atoms with E-state index in [4.69, 9.17) is 11.6 Å². The van der Waals surface area contributed by atoms with E-state index >= 15 is 0 Å². The van der Waals surface area contributed by atoms with Gasteiger partial charge in [-0.05, 0) is 23.8 Å². The SMILES string of the molecule is O=C(N/C=C/c1ccccc1)Nc1ccc(Cl)c([N+](=O)[O-])c1. The Labute approximate surface area is 131 Å². The van der Waals surface area contributed by atoms with Crippen LogP contribution in [0.3, 0.4) is 0 Å². The molecule has 0 atom stereocenters. The average molecular weight is 318 g/mol. The van der Waals surface area contributed by atoms with Gasteiger partial charge in [0.2, 0.25) is 0 Å². The van der Waals surface area contributed by atoms with Gasteiger partial charge in [0.05, 0.1) is 4.92 Å². The number of amides is 2. The van der Waals surface area contributed by atoms with Gasteiger partial charge in [-0.25, -0.2) is 4.79 Å². The third-order valence-corrected chi connectivity index (χ3v) is 3.01. The average Bonchev–Trinajstić information content (AvgIpc) is 2.50. The van der Waals surface area contributed by atoms with E-state index in [0.717, 1.165) is 5.56 Å². The van der Waals surface area contributed by atoms with Crippen molar-refractivity contribution in [2.45, 2.75) is 0 Å². The Hall–Kier alpha value is -2.86. The predicted octanol–water partition coefficient (Wildman–Crippen LogP) is 4.04. The molecule has 0 aliphatic carbocycles. The molecule has 2 rings (SSSR count). The highest BCUT2D eigenvalue weighted by Crippen LogP contribution is 2.27. The van der Waals surface area contributed by atoms with Gasteiger partial charge in [0.25, 0.3) is 5.69 Å². The van der Waals surface area contributed by atoms with E-state index in [-0.39, 0.29) is 16.4 Å². The Balaban J connectivity index is 1.96. The zero-order chi connectivity index (χ0) is 15.9. The first-order valence-electron chi connectivity index (χ1n) is 6.29. The second-order valence-electron chi connectivity index (χ2n) is 4.27. The van der Waals surface area contributed by atoms with Crippen molar-refractivity contribution >= 4 is 35.1 Å². The second kappa shape index (κ2) is 7.24. The van der Waals surface area contributed by atoms with Crippen LogP contribution in [0.4, 0.5) is 16.2 Å². The number of hydrogen-bond acceptors (Lipinski definition) is 3. The predicted molar refractivity (Wildman–Crippen MR) is 85.7 cm³/mol. The monoisotopic (exact) mass is 317 g/mol. The molecule has 2 aromatic rings. The molecule has 112 valence electrons. The number of nitro benzene ring substituents is 1. The number of benzene rings is 2. The molecule has 0 radical (unpaired) electrons. The molecule has 6 nitrogen and oxygen atoms in total. The van der Waals surface area contributed by atoms with Gasteiger partial charge in [0.1, 0.15) is 5.02 Å². The lowest BCUT2D eigenvalue weighted by Crippen LogP contribution is -2.23. The van der Waals surface area contributed by atoms with E-state index in [1.807, 2.05) is 30.3 Å². The molecule has 2 aromatic carbocycles. The molecule has 0 saturated heterocycles. The van der Waals surface area contributed by atoms with Crippen molar-refractivity contribution in [1.29, 1.82) is 0 Å². The van der Waals surface area contributed by atoms with Gasteiger partial charge in [-0.2, -0.15) is 0 Å². The van der Waals surface area contributed by atoms with Crippen molar-refractivity contribution in [3.8, 4) is 0 Å². The van der Waals surface area contributed by atoms with Crippen molar-refractivity contribution in [3.05, 3.63) is 75.4 Å². The van der Waals surface area contributed by atoms with Crippen molar-refractivity contribution in [2.75, 3.05) is 5.32 Å². The summed E-state index contributed by atoms with van der Waals surface area (Å²) in [6.45, 7) is 0. The van der Waals surface area contributed by atoms with Crippen LogP contribution < -0.4 is 10.6 Å². The van der Waals surface area contributed by atoms with Gasteiger partial charge in [0, 0.05) is 18.0 Å². The zero-order valence-electron chi connectivity index (χ0n) is 11.3. The third kappa shape index (κ3) is 4.32. The molecule has 0 bridgehead atoms. The molecule has 22 heavy (non-hydrogen) atoms. The number of carbonyl (C=O) groups excluding carboxylic acids is 1. The fraction of sp³-hybridized carbons (Fsp3) is 0. The fourth-order valence-electron chi connectivity index (χ4n) is 1.68. The number of urea groups is 1. The quantitative estimate of drug-likeness (QED) is 0.659. The van der Waals surface area contributed by atoms with Crippen molar-refractivity contribution in [2.24, 2.45) is 0 Å². The number of nitro groups is 1. The molecule has 0 fully saturated rings. The molecule has 0 aliphatic heterocycles. The normalized spacial score (nSPS) is 10.4. The summed E-state index contributed by atoms with van der Waals surface area (Å²) < 4.78 is 0. The summed E-state index contributed by atoms with van der Waals surface area (Å²) in [5.74, 6) is 0. The first kappa shape index (κ1) is 15.5. The van der Waals surface area contributed by atoms with Gasteiger partial charge >= 0.3 is 6.03 Å². The highest BCUT2D eigenvalue weighted by molar-refractivity contribution is 6.32. The maximum absolute atomic E-state index is 11.7. The Kier molecular flexibility index (Phi) is 5.11. The molecule has 2 N–H and O–H groups in total. The maximum Gasteiger partial charge on any atom is 0.323 e. The van der Waals surface area contributed by atoms with Gasteiger partial charge in [-0.3, -0.25) is 10.1 Å². The van der Waals surface area contributed by atoms with Gasteiger partial charge in [-0.15, -0.1) is 0 Å². The number of carbonyl (C=O) groups is 1. The molecule has 0 aromatic heterocycles. The summed E-state index contributed by atoms with van der Waals surface area (Å²) in [7, 11) is 0.